The molecule has 0 bridgehead atoms. The maximum Gasteiger partial charge on any atom is 0.169 e. The van der Waals surface area contributed by atoms with Gasteiger partial charge in [-0.2, -0.15) is 0 Å². The molecule has 0 spiro atoms. The van der Waals surface area contributed by atoms with Gasteiger partial charge in [0.15, 0.2) is 6.29 Å². The average Bonchev–Trinajstić information content (AvgIpc) is 2.17. The minimum absolute atomic E-state index is 0.0481. The zero-order valence-corrected chi connectivity index (χ0v) is 8.51. The lowest BCUT2D eigenvalue weighted by Crippen LogP contribution is -2.42. The molecule has 4 heteroatoms. The van der Waals surface area contributed by atoms with Gasteiger partial charge in [0.05, 0.1) is 13.2 Å². The SMILES string of the molecule is CNCC(C)NCC1OCCCO1. The van der Waals surface area contributed by atoms with Gasteiger partial charge < -0.3 is 20.1 Å². The first-order valence-electron chi connectivity index (χ1n) is 4.94. The molecule has 4 nitrogen and oxygen atoms in total. The number of likely N-dealkylation sites (N-methyl/N-ethyl adjacent to an activating group) is 1. The van der Waals surface area contributed by atoms with Gasteiger partial charge in [0.1, 0.15) is 0 Å². The summed E-state index contributed by atoms with van der Waals surface area (Å²) in [5.74, 6) is 0. The molecule has 0 radical (unpaired) electrons. The normalized spacial score (nSPS) is 21.7. The molecule has 1 heterocycles. The van der Waals surface area contributed by atoms with Crippen LogP contribution in [0.25, 0.3) is 0 Å². The minimum atomic E-state index is -0.0481. The predicted octanol–water partition coefficient (Wildman–Crippen LogP) is -0.0531. The Morgan fingerprint density at radius 1 is 1.38 bits per heavy atom. The van der Waals surface area contributed by atoms with Gasteiger partial charge in [-0.15, -0.1) is 0 Å². The molecular weight excluding hydrogens is 168 g/mol. The van der Waals surface area contributed by atoms with E-state index in [4.69, 9.17) is 9.47 Å². The second kappa shape index (κ2) is 6.32. The zero-order valence-electron chi connectivity index (χ0n) is 8.51. The van der Waals surface area contributed by atoms with E-state index in [9.17, 15) is 0 Å². The van der Waals surface area contributed by atoms with Crippen molar-refractivity contribution in [2.75, 3.05) is 33.4 Å². The van der Waals surface area contributed by atoms with Crippen molar-refractivity contribution < 1.29 is 9.47 Å². The first-order chi connectivity index (χ1) is 6.33. The van der Waals surface area contributed by atoms with E-state index in [2.05, 4.69) is 17.6 Å². The molecule has 0 saturated carbocycles. The van der Waals surface area contributed by atoms with Crippen LogP contribution < -0.4 is 10.6 Å². The van der Waals surface area contributed by atoms with Gasteiger partial charge in [-0.1, -0.05) is 0 Å². The number of ether oxygens (including phenoxy) is 2. The molecule has 0 amide bonds. The lowest BCUT2D eigenvalue weighted by Gasteiger charge is -2.25. The van der Waals surface area contributed by atoms with Gasteiger partial charge in [0, 0.05) is 19.1 Å². The third-order valence-electron chi connectivity index (χ3n) is 2.04. The van der Waals surface area contributed by atoms with E-state index in [0.717, 1.165) is 32.7 Å². The summed E-state index contributed by atoms with van der Waals surface area (Å²) >= 11 is 0. The molecule has 1 rings (SSSR count). The fourth-order valence-electron chi connectivity index (χ4n) is 1.33. The quantitative estimate of drug-likeness (QED) is 0.634. The summed E-state index contributed by atoms with van der Waals surface area (Å²) < 4.78 is 10.8. The van der Waals surface area contributed by atoms with E-state index < -0.39 is 0 Å². The summed E-state index contributed by atoms with van der Waals surface area (Å²) in [5.41, 5.74) is 0. The Hall–Kier alpha value is -0.160. The van der Waals surface area contributed by atoms with Crippen LogP contribution in [0.5, 0.6) is 0 Å². The van der Waals surface area contributed by atoms with E-state index in [1.54, 1.807) is 0 Å². The van der Waals surface area contributed by atoms with Crippen molar-refractivity contribution in [3.8, 4) is 0 Å². The summed E-state index contributed by atoms with van der Waals surface area (Å²) in [5, 5.41) is 6.45. The lowest BCUT2D eigenvalue weighted by molar-refractivity contribution is -0.175. The Balaban J connectivity index is 2.03. The first kappa shape index (κ1) is 10.9. The predicted molar refractivity (Wildman–Crippen MR) is 51.7 cm³/mol. The number of hydrogen-bond acceptors (Lipinski definition) is 4. The number of nitrogens with one attached hydrogen (secondary N) is 2. The fourth-order valence-corrected chi connectivity index (χ4v) is 1.33. The maximum atomic E-state index is 5.40. The van der Waals surface area contributed by atoms with Crippen LogP contribution in [0.15, 0.2) is 0 Å². The summed E-state index contributed by atoms with van der Waals surface area (Å²) in [6.45, 7) is 5.54. The molecule has 1 aliphatic rings. The molecule has 1 fully saturated rings. The highest BCUT2D eigenvalue weighted by Crippen LogP contribution is 2.03. The first-order valence-corrected chi connectivity index (χ1v) is 4.94. The Kier molecular flexibility index (Phi) is 5.31. The second-order valence-corrected chi connectivity index (χ2v) is 3.39. The van der Waals surface area contributed by atoms with Crippen molar-refractivity contribution in [2.24, 2.45) is 0 Å². The van der Waals surface area contributed by atoms with Crippen molar-refractivity contribution in [2.45, 2.75) is 25.7 Å². The highest BCUT2D eigenvalue weighted by Gasteiger charge is 2.14. The Labute approximate surface area is 80.0 Å². The summed E-state index contributed by atoms with van der Waals surface area (Å²) in [7, 11) is 1.95. The molecule has 78 valence electrons. The second-order valence-electron chi connectivity index (χ2n) is 3.39. The van der Waals surface area contributed by atoms with Crippen molar-refractivity contribution in [1.82, 2.24) is 10.6 Å². The van der Waals surface area contributed by atoms with Crippen LogP contribution in [0.1, 0.15) is 13.3 Å². The number of hydrogen-bond donors (Lipinski definition) is 2. The molecule has 2 N–H and O–H groups in total. The monoisotopic (exact) mass is 188 g/mol. The van der Waals surface area contributed by atoms with E-state index in [1.807, 2.05) is 7.05 Å². The molecule has 0 aromatic rings. The average molecular weight is 188 g/mol. The topological polar surface area (TPSA) is 42.5 Å². The van der Waals surface area contributed by atoms with Crippen LogP contribution in [0.2, 0.25) is 0 Å². The zero-order chi connectivity index (χ0) is 9.52. The summed E-state index contributed by atoms with van der Waals surface area (Å²) in [6, 6.07) is 0.458. The molecule has 0 aromatic carbocycles. The molecule has 1 saturated heterocycles. The van der Waals surface area contributed by atoms with Crippen molar-refractivity contribution >= 4 is 0 Å². The van der Waals surface area contributed by atoms with Gasteiger partial charge in [0.25, 0.3) is 0 Å². The molecule has 0 aromatic heterocycles. The van der Waals surface area contributed by atoms with Crippen molar-refractivity contribution in [3.63, 3.8) is 0 Å². The Morgan fingerprint density at radius 2 is 2.08 bits per heavy atom. The molecule has 13 heavy (non-hydrogen) atoms. The van der Waals surface area contributed by atoms with Crippen molar-refractivity contribution in [1.29, 1.82) is 0 Å². The fraction of sp³-hybridized carbons (Fsp3) is 1.00. The van der Waals surface area contributed by atoms with Gasteiger partial charge in [-0.05, 0) is 20.4 Å². The van der Waals surface area contributed by atoms with Gasteiger partial charge in [-0.25, -0.2) is 0 Å². The molecule has 1 aliphatic heterocycles. The molecule has 0 aliphatic carbocycles. The minimum Gasteiger partial charge on any atom is -0.351 e. The van der Waals surface area contributed by atoms with Crippen LogP contribution in [0.3, 0.4) is 0 Å². The van der Waals surface area contributed by atoms with Crippen LogP contribution in [0.4, 0.5) is 0 Å². The van der Waals surface area contributed by atoms with Crippen LogP contribution >= 0.6 is 0 Å². The molecule has 1 unspecified atom stereocenters. The Bertz CT molecular complexity index is 127. The lowest BCUT2D eigenvalue weighted by atomic mass is 10.3. The van der Waals surface area contributed by atoms with Crippen LogP contribution in [0, 0.1) is 0 Å². The van der Waals surface area contributed by atoms with Gasteiger partial charge >= 0.3 is 0 Å². The van der Waals surface area contributed by atoms with Gasteiger partial charge in [-0.3, -0.25) is 0 Å². The Morgan fingerprint density at radius 3 is 2.69 bits per heavy atom. The van der Waals surface area contributed by atoms with Crippen LogP contribution in [-0.2, 0) is 9.47 Å². The van der Waals surface area contributed by atoms with Crippen LogP contribution in [-0.4, -0.2) is 45.7 Å². The maximum absolute atomic E-state index is 5.40. The molecular formula is C9H20N2O2. The van der Waals surface area contributed by atoms with E-state index in [0.29, 0.717) is 6.04 Å². The summed E-state index contributed by atoms with van der Waals surface area (Å²) in [4.78, 5) is 0. The number of rotatable bonds is 5. The van der Waals surface area contributed by atoms with Crippen molar-refractivity contribution in [3.05, 3.63) is 0 Å². The van der Waals surface area contributed by atoms with Gasteiger partial charge in [0.2, 0.25) is 0 Å². The summed E-state index contributed by atoms with van der Waals surface area (Å²) in [6.07, 6.45) is 0.968. The van der Waals surface area contributed by atoms with E-state index in [-0.39, 0.29) is 6.29 Å². The smallest absolute Gasteiger partial charge is 0.169 e. The highest BCUT2D eigenvalue weighted by molar-refractivity contribution is 4.64. The van der Waals surface area contributed by atoms with E-state index in [1.165, 1.54) is 0 Å². The third-order valence-corrected chi connectivity index (χ3v) is 2.04. The molecule has 1 atom stereocenters. The van der Waals surface area contributed by atoms with E-state index >= 15 is 0 Å². The largest absolute Gasteiger partial charge is 0.351 e. The highest BCUT2D eigenvalue weighted by atomic mass is 16.7. The third kappa shape index (κ3) is 4.57. The standard InChI is InChI=1S/C9H20N2O2/c1-8(6-10-2)11-7-9-12-4-3-5-13-9/h8-11H,3-7H2,1-2H3.